The summed E-state index contributed by atoms with van der Waals surface area (Å²) in [4.78, 5) is 151. The normalized spacial score (nSPS) is 14.2. The number of fused-ring (bicyclic) bond motifs is 4. The number of ether oxygens (including phenoxy) is 5. The summed E-state index contributed by atoms with van der Waals surface area (Å²) in [5.41, 5.74) is 6.73. The number of aromatic nitrogens is 6. The van der Waals surface area contributed by atoms with Crippen molar-refractivity contribution in [2.24, 2.45) is 0 Å². The zero-order valence-electron chi connectivity index (χ0n) is 72.4. The SMILES string of the molecule is CCOC(=O)CN1Cc2ccccc2N(C(=O)c2ccc(-n3cccn3)nc2)CC1=O.COCCc1nnc(CN2Cc3ccccc3N(C(=O)c3ccc(OCCO)cc3Cl)CC2=O)o1.Cc1cnc(CN2Cc3ccccc3N(C(=O)c3ccc(OCCO)cc3Cl)CC2=O)o1.O=C(CN1Cc2ccccc2N(C(=O)c2ccc(OCCO)cc2Cl)CC1=O)NC1CCCC1. The molecule has 0 radical (unpaired) electrons. The third kappa shape index (κ3) is 24.6. The molecule has 0 saturated heterocycles. The minimum Gasteiger partial charge on any atom is -0.491 e. The minimum absolute atomic E-state index is 0.0522. The van der Waals surface area contributed by atoms with Gasteiger partial charge in [-0.05, 0) is 146 Å². The fourth-order valence-corrected chi connectivity index (χ4v) is 15.9. The number of para-hydroxylation sites is 4. The molecule has 1 saturated carbocycles. The van der Waals surface area contributed by atoms with Gasteiger partial charge in [-0.1, -0.05) is 120 Å². The highest BCUT2D eigenvalue weighted by Crippen LogP contribution is 2.36. The van der Waals surface area contributed by atoms with Crippen molar-refractivity contribution in [3.63, 3.8) is 0 Å². The number of esters is 1. The van der Waals surface area contributed by atoms with Crippen LogP contribution in [0.4, 0.5) is 22.7 Å². The smallest absolute Gasteiger partial charge is 0.325 e. The van der Waals surface area contributed by atoms with Gasteiger partial charge in [0.25, 0.3) is 23.6 Å². The minimum atomic E-state index is -0.480. The van der Waals surface area contributed by atoms with E-state index in [1.807, 2.05) is 72.8 Å². The number of halogens is 3. The fraction of sp³-hybridized carbons (Fsp3) is 0.309. The zero-order chi connectivity index (χ0) is 93.3. The summed E-state index contributed by atoms with van der Waals surface area (Å²) < 4.78 is 38.8. The number of amides is 9. The van der Waals surface area contributed by atoms with Crippen LogP contribution in [0.3, 0.4) is 0 Å². The molecule has 0 spiro atoms. The van der Waals surface area contributed by atoms with E-state index in [1.165, 1.54) is 53.8 Å². The Balaban J connectivity index is 0.000000150. The van der Waals surface area contributed by atoms with Crippen molar-refractivity contribution in [3.8, 4) is 23.1 Å². The number of aliphatic hydroxyl groups is 3. The predicted molar refractivity (Wildman–Crippen MR) is 483 cm³/mol. The number of anilines is 4. The third-order valence-corrected chi connectivity index (χ3v) is 22.4. The van der Waals surface area contributed by atoms with Gasteiger partial charge in [-0.3, -0.25) is 67.5 Å². The number of hydrogen-bond acceptors (Lipinski definition) is 25. The van der Waals surface area contributed by atoms with Crippen molar-refractivity contribution in [1.29, 1.82) is 0 Å². The maximum atomic E-state index is 13.5. The van der Waals surface area contributed by atoms with Crippen molar-refractivity contribution < 1.29 is 95.8 Å². The number of nitrogens with zero attached hydrogens (tertiary/aromatic N) is 14. The number of oxazole rings is 1. The number of carbonyl (C=O) groups is 10. The summed E-state index contributed by atoms with van der Waals surface area (Å²) in [6.07, 6.45) is 11.1. The Kier molecular flexibility index (Phi) is 33.4. The van der Waals surface area contributed by atoms with Gasteiger partial charge in [0.05, 0.1) is 96.2 Å². The molecule has 688 valence electrons. The number of benzene rings is 7. The largest absolute Gasteiger partial charge is 0.491 e. The van der Waals surface area contributed by atoms with Crippen LogP contribution >= 0.6 is 34.8 Å². The Morgan fingerprint density at radius 3 is 1.30 bits per heavy atom. The van der Waals surface area contributed by atoms with E-state index in [4.69, 9.17) is 82.6 Å². The van der Waals surface area contributed by atoms with Gasteiger partial charge in [0.2, 0.25) is 47.2 Å². The third-order valence-electron chi connectivity index (χ3n) is 21.5. The fourth-order valence-electron chi connectivity index (χ4n) is 15.1. The molecule has 1 aliphatic carbocycles. The number of hydrogen-bond donors (Lipinski definition) is 4. The molecule has 1 fully saturated rings. The first-order valence-electron chi connectivity index (χ1n) is 42.4. The highest BCUT2D eigenvalue weighted by atomic mass is 35.5. The Morgan fingerprint density at radius 2 is 0.894 bits per heavy atom. The first-order valence-corrected chi connectivity index (χ1v) is 43.5. The number of rotatable bonds is 27. The van der Waals surface area contributed by atoms with E-state index >= 15 is 0 Å². The molecule has 11 aromatic rings. The van der Waals surface area contributed by atoms with E-state index < -0.39 is 23.7 Å². The van der Waals surface area contributed by atoms with Gasteiger partial charge >= 0.3 is 5.97 Å². The average Bonchev–Trinajstić information content (AvgIpc) is 1.61. The van der Waals surface area contributed by atoms with Crippen LogP contribution in [0.15, 0.2) is 203 Å². The summed E-state index contributed by atoms with van der Waals surface area (Å²) in [6.45, 7) is 4.58. The van der Waals surface area contributed by atoms with E-state index in [0.29, 0.717) is 94.4 Å². The number of aryl methyl sites for hydroxylation is 1. The molecule has 7 aromatic carbocycles. The molecule has 4 aromatic heterocycles. The summed E-state index contributed by atoms with van der Waals surface area (Å²) in [5.74, 6) is 0.352. The second kappa shape index (κ2) is 46.0. The van der Waals surface area contributed by atoms with Crippen LogP contribution in [0.25, 0.3) is 5.82 Å². The quantitative estimate of drug-likeness (QED) is 0.0348. The van der Waals surface area contributed by atoms with Crippen LogP contribution < -0.4 is 39.1 Å². The Morgan fingerprint density at radius 1 is 0.470 bits per heavy atom. The summed E-state index contributed by atoms with van der Waals surface area (Å²) in [6, 6.07) is 48.6. The number of nitrogens with one attached hydrogen (secondary N) is 1. The van der Waals surface area contributed by atoms with Crippen LogP contribution in [0.2, 0.25) is 15.1 Å². The van der Waals surface area contributed by atoms with Crippen molar-refractivity contribution >= 4 is 117 Å². The van der Waals surface area contributed by atoms with Crippen LogP contribution in [0.1, 0.15) is 120 Å². The van der Waals surface area contributed by atoms with Gasteiger partial charge < -0.3 is 72.8 Å². The van der Waals surface area contributed by atoms with E-state index in [2.05, 4.69) is 30.6 Å². The second-order valence-electron chi connectivity index (χ2n) is 30.6. The van der Waals surface area contributed by atoms with E-state index in [0.717, 1.165) is 47.9 Å². The van der Waals surface area contributed by atoms with Gasteiger partial charge in [-0.25, -0.2) is 14.6 Å². The second-order valence-corrected chi connectivity index (χ2v) is 31.8. The Labute approximate surface area is 773 Å². The van der Waals surface area contributed by atoms with Gasteiger partial charge in [0.15, 0.2) is 5.82 Å². The first kappa shape index (κ1) is 95.6. The molecule has 4 N–H and O–H groups in total. The predicted octanol–water partition coefficient (Wildman–Crippen LogP) is 10.2. The van der Waals surface area contributed by atoms with Gasteiger partial charge in [-0.2, -0.15) is 5.10 Å². The monoisotopic (exact) mass is 1860 g/mol. The highest BCUT2D eigenvalue weighted by Gasteiger charge is 2.37. The molecule has 38 heteroatoms. The van der Waals surface area contributed by atoms with Crippen molar-refractivity contribution in [2.75, 3.05) is 119 Å². The Hall–Kier alpha value is -13.9. The summed E-state index contributed by atoms with van der Waals surface area (Å²) >= 11 is 19.1. The molecular formula is C94H96Cl3N15O20. The van der Waals surface area contributed by atoms with Gasteiger partial charge in [0.1, 0.15) is 75.6 Å². The lowest BCUT2D eigenvalue weighted by atomic mass is 10.1. The van der Waals surface area contributed by atoms with E-state index in [-0.39, 0.29) is 191 Å². The molecule has 0 bridgehead atoms. The molecular weight excluding hydrogens is 1770 g/mol. The lowest BCUT2D eigenvalue weighted by molar-refractivity contribution is -0.148. The number of carbonyl (C=O) groups excluding carboxylic acids is 10. The van der Waals surface area contributed by atoms with Crippen LogP contribution in [0, 0.1) is 6.92 Å². The maximum Gasteiger partial charge on any atom is 0.325 e. The van der Waals surface area contributed by atoms with Crippen molar-refractivity contribution in [3.05, 3.63) is 278 Å². The zero-order valence-corrected chi connectivity index (χ0v) is 74.7. The molecule has 9 amide bonds. The molecule has 8 heterocycles. The molecule has 16 rings (SSSR count). The molecule has 0 unspecified atom stereocenters. The molecule has 4 aliphatic heterocycles. The first-order chi connectivity index (χ1) is 64.0. The topological polar surface area (TPSA) is 411 Å². The summed E-state index contributed by atoms with van der Waals surface area (Å²) in [7, 11) is 1.59. The molecule has 5 aliphatic rings. The number of pyridine rings is 1. The number of methoxy groups -OCH3 is 1. The van der Waals surface area contributed by atoms with Gasteiger partial charge in [-0.15, -0.1) is 10.2 Å². The van der Waals surface area contributed by atoms with Crippen molar-refractivity contribution in [2.45, 2.75) is 91.3 Å². The van der Waals surface area contributed by atoms with Crippen LogP contribution in [0.5, 0.6) is 17.2 Å². The average molecular weight is 1860 g/mol. The maximum absolute atomic E-state index is 13.5. The standard InChI is InChI=1S/C25H28ClN3O5.C24H25ClN4O6.C23H22ClN3O5.C22H21N5O4/c26-21-13-19(34-12-11-30)9-10-20(21)25(33)29-16-24(32)28(14-17-5-1-4-8-22(17)29)15-23(31)27-18-6-2-3-7-18;1-33-10-8-21-26-27-22(35-21)14-28-13-16-4-2-3-5-20(16)29(15-23(28)31)24(32)18-7-6-17(12-19(18)25)34-11-9-30;1-15-11-25-21(32-15)13-26-12-16-4-2-3-5-20(16)27(14-22(26)29)23(30)18-7-6-17(10-19(18)24)31-9-8-28;1-2-31-21(29)15-25-13-17-6-3-4-7-18(17)26(14-20(25)28)22(30)16-8-9-19(23-12-16)27-11-5-10-24-27/h1,4-5,8-10,13,18,30H,2-3,6-7,11-12,14-16H2,(H,27,31);2-7,12,30H,8-11,13-15H2,1H3;2-7,10-11,28H,8-9,12-14H2,1H3;3-12H,2,13-15H2,1H3. The van der Waals surface area contributed by atoms with Gasteiger partial charge in [0, 0.05) is 87.1 Å². The number of aliphatic hydroxyl groups excluding tert-OH is 3. The molecule has 0 atom stereocenters. The lowest BCUT2D eigenvalue weighted by Gasteiger charge is -2.23. The van der Waals surface area contributed by atoms with Crippen LogP contribution in [-0.2, 0) is 83.9 Å². The summed E-state index contributed by atoms with van der Waals surface area (Å²) in [5, 5.41) is 42.5. The van der Waals surface area contributed by atoms with E-state index in [9.17, 15) is 47.9 Å². The van der Waals surface area contributed by atoms with Crippen molar-refractivity contribution in [1.82, 2.24) is 54.9 Å². The van der Waals surface area contributed by atoms with E-state index in [1.54, 1.807) is 133 Å². The Bertz CT molecular complexity index is 5930. The lowest BCUT2D eigenvalue weighted by Crippen LogP contribution is -2.45. The highest BCUT2D eigenvalue weighted by molar-refractivity contribution is 6.36. The molecule has 132 heavy (non-hydrogen) atoms. The van der Waals surface area contributed by atoms with Crippen LogP contribution in [-0.4, -0.2) is 229 Å². The molecule has 35 nitrogen and oxygen atoms in total.